The van der Waals surface area contributed by atoms with E-state index in [0.717, 1.165) is 11.1 Å². The molecule has 8 nitrogen and oxygen atoms in total. The minimum atomic E-state index is -1.01. The Balaban J connectivity index is 1.07. The van der Waals surface area contributed by atoms with E-state index in [-0.39, 0.29) is 24.5 Å². The van der Waals surface area contributed by atoms with Crippen molar-refractivity contribution < 1.29 is 32.8 Å². The molecule has 6 atom stereocenters. The summed E-state index contributed by atoms with van der Waals surface area (Å²) in [6.07, 6.45) is -3.26. The third-order valence-electron chi connectivity index (χ3n) is 7.51. The van der Waals surface area contributed by atoms with Crippen LogP contribution in [0.25, 0.3) is 33.4 Å². The average molecular weight is 536 g/mol. The summed E-state index contributed by atoms with van der Waals surface area (Å²) in [7, 11) is 0. The van der Waals surface area contributed by atoms with Crippen LogP contribution < -0.4 is 14.8 Å². The molecule has 3 N–H and O–H groups in total. The molecular formula is C29H27F2N3O5. The number of aliphatic hydroxyl groups excluding tert-OH is 1. The number of fused-ring (bicyclic) bond motifs is 2. The molecule has 0 radical (unpaired) electrons. The van der Waals surface area contributed by atoms with Crippen molar-refractivity contribution >= 4 is 11.0 Å². The largest absolute Gasteiger partial charge is 0.486 e. The molecule has 2 aromatic carbocycles. The molecule has 3 aliphatic rings. The standard InChI is InChI=1S/C29H27F2N3O5/c30-19-9-21-22(10-26(33-21)39-25-14-37-28-23(35)13-36-29(25)28)34-27(19)17-3-1-15(2-4-17)16-5-7-18(8-6-16)38-24-12-32-11-20(24)31/h1-10,20,23-25,28-29,32-33,35H,11-14H2/t20-,23-,24?,25-,28-,29-/m1/s1. The number of aromatic nitrogens is 2. The fraction of sp³-hybridized carbons (Fsp3) is 0.345. The first kappa shape index (κ1) is 24.5. The Bertz CT molecular complexity index is 1480. The third-order valence-corrected chi connectivity index (χ3v) is 7.51. The fourth-order valence-electron chi connectivity index (χ4n) is 5.44. The smallest absolute Gasteiger partial charge is 0.193 e. The highest BCUT2D eigenvalue weighted by Crippen LogP contribution is 2.33. The lowest BCUT2D eigenvalue weighted by molar-refractivity contribution is 0.00794. The first-order valence-electron chi connectivity index (χ1n) is 13.0. The molecule has 0 spiro atoms. The summed E-state index contributed by atoms with van der Waals surface area (Å²) in [5.74, 6) is 0.598. The molecule has 4 aromatic rings. The maximum atomic E-state index is 15.1. The van der Waals surface area contributed by atoms with Gasteiger partial charge >= 0.3 is 0 Å². The number of hydrogen-bond acceptors (Lipinski definition) is 7. The second-order valence-corrected chi connectivity index (χ2v) is 10.1. The Morgan fingerprint density at radius 3 is 2.31 bits per heavy atom. The van der Waals surface area contributed by atoms with Gasteiger partial charge in [0.1, 0.15) is 35.9 Å². The zero-order valence-electron chi connectivity index (χ0n) is 20.8. The van der Waals surface area contributed by atoms with E-state index >= 15 is 4.39 Å². The molecule has 7 rings (SSSR count). The lowest BCUT2D eigenvalue weighted by Gasteiger charge is -2.16. The summed E-state index contributed by atoms with van der Waals surface area (Å²) in [6, 6.07) is 18.1. The number of nitrogens with zero attached hydrogens (tertiary/aromatic N) is 1. The summed E-state index contributed by atoms with van der Waals surface area (Å²) >= 11 is 0. The Kier molecular flexibility index (Phi) is 6.19. The van der Waals surface area contributed by atoms with Crippen molar-refractivity contribution in [3.63, 3.8) is 0 Å². The van der Waals surface area contributed by atoms with Crippen LogP contribution in [0.1, 0.15) is 0 Å². The Morgan fingerprint density at radius 2 is 1.56 bits per heavy atom. The average Bonchev–Trinajstić information content (AvgIpc) is 3.72. The van der Waals surface area contributed by atoms with Crippen molar-refractivity contribution in [1.82, 2.24) is 15.3 Å². The molecule has 39 heavy (non-hydrogen) atoms. The zero-order valence-corrected chi connectivity index (χ0v) is 20.8. The monoisotopic (exact) mass is 535 g/mol. The molecule has 0 aliphatic carbocycles. The van der Waals surface area contributed by atoms with Gasteiger partial charge in [0.15, 0.2) is 24.0 Å². The maximum absolute atomic E-state index is 15.1. The minimum absolute atomic E-state index is 0.218. The number of benzene rings is 2. The molecular weight excluding hydrogens is 508 g/mol. The molecule has 1 unspecified atom stereocenters. The van der Waals surface area contributed by atoms with Gasteiger partial charge in [0.2, 0.25) is 0 Å². The van der Waals surface area contributed by atoms with E-state index in [2.05, 4.69) is 15.3 Å². The number of alkyl halides is 1. The van der Waals surface area contributed by atoms with Gasteiger partial charge in [-0.3, -0.25) is 0 Å². The van der Waals surface area contributed by atoms with Crippen LogP contribution in [0.15, 0.2) is 60.7 Å². The van der Waals surface area contributed by atoms with Gasteiger partial charge in [0.25, 0.3) is 0 Å². The fourth-order valence-corrected chi connectivity index (χ4v) is 5.44. The number of halogens is 2. The van der Waals surface area contributed by atoms with E-state index in [0.29, 0.717) is 47.9 Å². The van der Waals surface area contributed by atoms with Gasteiger partial charge in [-0.15, -0.1) is 0 Å². The summed E-state index contributed by atoms with van der Waals surface area (Å²) < 4.78 is 51.8. The Hall–Kier alpha value is -3.57. The number of H-pyrrole nitrogens is 1. The van der Waals surface area contributed by atoms with Crippen molar-refractivity contribution in [3.05, 3.63) is 66.5 Å². The molecule has 0 saturated carbocycles. The number of ether oxygens (including phenoxy) is 4. The van der Waals surface area contributed by atoms with E-state index in [1.54, 1.807) is 6.07 Å². The van der Waals surface area contributed by atoms with Crippen molar-refractivity contribution in [2.45, 2.75) is 36.7 Å². The lowest BCUT2D eigenvalue weighted by atomic mass is 10.0. The third kappa shape index (κ3) is 4.63. The van der Waals surface area contributed by atoms with E-state index in [9.17, 15) is 9.50 Å². The minimum Gasteiger partial charge on any atom is -0.486 e. The molecule has 202 valence electrons. The van der Waals surface area contributed by atoms with Gasteiger partial charge in [-0.2, -0.15) is 0 Å². The van der Waals surface area contributed by atoms with E-state index in [1.807, 2.05) is 48.5 Å². The van der Waals surface area contributed by atoms with Crippen LogP contribution >= 0.6 is 0 Å². The van der Waals surface area contributed by atoms with Crippen LogP contribution in [0.3, 0.4) is 0 Å². The molecule has 10 heteroatoms. The number of aromatic amines is 1. The van der Waals surface area contributed by atoms with Crippen molar-refractivity contribution in [2.24, 2.45) is 0 Å². The van der Waals surface area contributed by atoms with E-state index in [1.165, 1.54) is 6.07 Å². The van der Waals surface area contributed by atoms with Crippen LogP contribution in [0.4, 0.5) is 8.78 Å². The van der Waals surface area contributed by atoms with Gasteiger partial charge in [0, 0.05) is 30.8 Å². The maximum Gasteiger partial charge on any atom is 0.193 e. The number of pyridine rings is 1. The zero-order chi connectivity index (χ0) is 26.5. The highest BCUT2D eigenvalue weighted by Gasteiger charge is 2.48. The van der Waals surface area contributed by atoms with Crippen LogP contribution in [0.5, 0.6) is 11.6 Å². The molecule has 0 bridgehead atoms. The predicted octanol–water partition coefficient (Wildman–Crippen LogP) is 3.63. The Morgan fingerprint density at radius 1 is 0.846 bits per heavy atom. The first-order valence-corrected chi connectivity index (χ1v) is 13.0. The van der Waals surface area contributed by atoms with Gasteiger partial charge in [-0.05, 0) is 23.3 Å². The molecule has 3 saturated heterocycles. The number of nitrogens with one attached hydrogen (secondary N) is 2. The molecule has 5 heterocycles. The van der Waals surface area contributed by atoms with E-state index < -0.39 is 30.3 Å². The summed E-state index contributed by atoms with van der Waals surface area (Å²) in [5.41, 5.74) is 3.87. The number of aliphatic hydroxyl groups is 1. The summed E-state index contributed by atoms with van der Waals surface area (Å²) in [4.78, 5) is 7.61. The lowest BCUT2D eigenvalue weighted by Crippen LogP contribution is -2.34. The molecule has 0 amide bonds. The van der Waals surface area contributed by atoms with Crippen LogP contribution in [0, 0.1) is 5.82 Å². The predicted molar refractivity (Wildman–Crippen MR) is 139 cm³/mol. The van der Waals surface area contributed by atoms with Crippen LogP contribution in [-0.2, 0) is 9.47 Å². The number of rotatable bonds is 6. The molecule has 3 aliphatic heterocycles. The Labute approximate surface area is 222 Å². The van der Waals surface area contributed by atoms with Crippen molar-refractivity contribution in [1.29, 1.82) is 0 Å². The highest BCUT2D eigenvalue weighted by atomic mass is 19.1. The SMILES string of the molecule is O[C@@H]1CO[C@H]2[C@@H]1OC[C@H]2Oc1cc2nc(-c3ccc(-c4ccc(OC5CNC[C@H]5F)cc4)cc3)c(F)cc2[nH]1. The molecule has 2 aromatic heterocycles. The van der Waals surface area contributed by atoms with Crippen LogP contribution in [-0.4, -0.2) is 78.1 Å². The highest BCUT2D eigenvalue weighted by molar-refractivity contribution is 5.81. The topological polar surface area (TPSA) is 97.9 Å². The quantitative estimate of drug-likeness (QED) is 0.347. The van der Waals surface area contributed by atoms with Crippen molar-refractivity contribution in [3.8, 4) is 34.0 Å². The van der Waals surface area contributed by atoms with Crippen molar-refractivity contribution in [2.75, 3.05) is 26.3 Å². The van der Waals surface area contributed by atoms with Gasteiger partial charge in [-0.1, -0.05) is 36.4 Å². The first-order chi connectivity index (χ1) is 19.0. The van der Waals surface area contributed by atoms with Gasteiger partial charge < -0.3 is 34.4 Å². The number of hydrogen-bond donors (Lipinski definition) is 3. The summed E-state index contributed by atoms with van der Waals surface area (Å²) in [6.45, 7) is 1.32. The second-order valence-electron chi connectivity index (χ2n) is 10.1. The normalized spacial score (nSPS) is 28.2. The van der Waals surface area contributed by atoms with Gasteiger partial charge in [0.05, 0.1) is 24.2 Å². The summed E-state index contributed by atoms with van der Waals surface area (Å²) in [5, 5.41) is 12.9. The van der Waals surface area contributed by atoms with E-state index in [4.69, 9.17) is 18.9 Å². The van der Waals surface area contributed by atoms with Crippen LogP contribution in [0.2, 0.25) is 0 Å². The van der Waals surface area contributed by atoms with Gasteiger partial charge in [-0.25, -0.2) is 13.8 Å². The molecule has 3 fully saturated rings. The second kappa shape index (κ2) is 9.87.